The highest BCUT2D eigenvalue weighted by atomic mass is 32.2. The van der Waals surface area contributed by atoms with Crippen LogP contribution in [0.25, 0.3) is 0 Å². The Balaban J connectivity index is 1.61. The van der Waals surface area contributed by atoms with Crippen molar-refractivity contribution in [2.24, 2.45) is 0 Å². The van der Waals surface area contributed by atoms with Crippen LogP contribution < -0.4 is 10.1 Å². The van der Waals surface area contributed by atoms with Gasteiger partial charge in [-0.25, -0.2) is 9.97 Å². The summed E-state index contributed by atoms with van der Waals surface area (Å²) in [5, 5.41) is 13.2. The molecule has 3 aromatic rings. The molecule has 0 fully saturated rings. The molecule has 1 amide bonds. The molecule has 0 saturated carbocycles. The van der Waals surface area contributed by atoms with Crippen LogP contribution in [-0.4, -0.2) is 28.1 Å². The number of anilines is 1. The normalized spacial score (nSPS) is 11.0. The minimum Gasteiger partial charge on any atom is -0.504 e. The number of nitrogens with one attached hydrogen (secondary N) is 1. The van der Waals surface area contributed by atoms with E-state index in [0.717, 1.165) is 9.97 Å². The number of oxazole rings is 1. The number of thioether (sulfide) groups is 1. The second kappa shape index (κ2) is 8.45. The maximum Gasteiger partial charge on any atom is 0.261 e. The highest BCUT2D eigenvalue weighted by Gasteiger charge is 2.16. The number of benzene rings is 1. The SMILES string of the molecule is COc1cccc(C(=O)Nc2ncc(SCc3ncc(C(C)C)o3)s2)c1O. The summed E-state index contributed by atoms with van der Waals surface area (Å²) in [6.07, 6.45) is 3.43. The Morgan fingerprint density at radius 2 is 2.19 bits per heavy atom. The van der Waals surface area contributed by atoms with Crippen molar-refractivity contribution in [3.05, 3.63) is 47.8 Å². The van der Waals surface area contributed by atoms with Crippen molar-refractivity contribution >= 4 is 34.1 Å². The summed E-state index contributed by atoms with van der Waals surface area (Å²) in [5.74, 6) is 1.99. The number of nitrogens with zero attached hydrogens (tertiary/aromatic N) is 2. The lowest BCUT2D eigenvalue weighted by Crippen LogP contribution is -2.12. The lowest BCUT2D eigenvalue weighted by molar-refractivity contribution is 0.102. The Kier molecular flexibility index (Phi) is 6.02. The molecule has 0 spiro atoms. The predicted molar refractivity (Wildman–Crippen MR) is 105 cm³/mol. The zero-order valence-electron chi connectivity index (χ0n) is 15.1. The maximum atomic E-state index is 12.4. The van der Waals surface area contributed by atoms with Gasteiger partial charge < -0.3 is 14.3 Å². The average molecular weight is 406 g/mol. The number of amides is 1. The summed E-state index contributed by atoms with van der Waals surface area (Å²) < 4.78 is 11.6. The molecule has 3 rings (SSSR count). The number of hydrogen-bond acceptors (Lipinski definition) is 8. The first-order valence-corrected chi connectivity index (χ1v) is 9.98. The van der Waals surface area contributed by atoms with E-state index in [1.54, 1.807) is 24.5 Å². The quantitative estimate of drug-likeness (QED) is 0.558. The molecule has 2 aromatic heterocycles. The van der Waals surface area contributed by atoms with Crippen LogP contribution in [-0.2, 0) is 5.75 Å². The van der Waals surface area contributed by atoms with Crippen molar-refractivity contribution in [2.75, 3.05) is 12.4 Å². The summed E-state index contributed by atoms with van der Waals surface area (Å²) in [4.78, 5) is 20.8. The fraction of sp³-hybridized carbons (Fsp3) is 0.278. The zero-order valence-corrected chi connectivity index (χ0v) is 16.7. The number of methoxy groups -OCH3 is 1. The number of aromatic nitrogens is 2. The van der Waals surface area contributed by atoms with E-state index in [-0.39, 0.29) is 17.1 Å². The van der Waals surface area contributed by atoms with Gasteiger partial charge in [-0.2, -0.15) is 0 Å². The number of phenolic OH excluding ortho intramolecular Hbond substituents is 1. The van der Waals surface area contributed by atoms with Gasteiger partial charge in [0.15, 0.2) is 16.6 Å². The van der Waals surface area contributed by atoms with Crippen molar-refractivity contribution in [1.82, 2.24) is 9.97 Å². The number of phenols is 1. The van der Waals surface area contributed by atoms with E-state index < -0.39 is 5.91 Å². The van der Waals surface area contributed by atoms with Gasteiger partial charge in [-0.1, -0.05) is 31.3 Å². The molecule has 1 aromatic carbocycles. The van der Waals surface area contributed by atoms with E-state index in [9.17, 15) is 9.90 Å². The highest BCUT2D eigenvalue weighted by Crippen LogP contribution is 2.33. The van der Waals surface area contributed by atoms with Gasteiger partial charge in [0.2, 0.25) is 5.89 Å². The lowest BCUT2D eigenvalue weighted by Gasteiger charge is -2.07. The molecular formula is C18H19N3O4S2. The fourth-order valence-electron chi connectivity index (χ4n) is 2.21. The van der Waals surface area contributed by atoms with E-state index in [1.807, 2.05) is 0 Å². The Labute approximate surface area is 164 Å². The average Bonchev–Trinajstić information content (AvgIpc) is 3.29. The third-order valence-corrected chi connectivity index (χ3v) is 5.74. The number of ether oxygens (including phenoxy) is 1. The van der Waals surface area contributed by atoms with Crippen LogP contribution in [0.1, 0.15) is 41.8 Å². The highest BCUT2D eigenvalue weighted by molar-refractivity contribution is 8.00. The van der Waals surface area contributed by atoms with Gasteiger partial charge in [-0.15, -0.1) is 11.8 Å². The van der Waals surface area contributed by atoms with Crippen molar-refractivity contribution in [2.45, 2.75) is 29.7 Å². The molecule has 0 radical (unpaired) electrons. The predicted octanol–water partition coefficient (Wildman–Crippen LogP) is 4.51. The number of para-hydroxylation sites is 1. The summed E-state index contributed by atoms with van der Waals surface area (Å²) in [7, 11) is 1.43. The van der Waals surface area contributed by atoms with Gasteiger partial charge in [-0.3, -0.25) is 10.1 Å². The zero-order chi connectivity index (χ0) is 19.4. The first-order chi connectivity index (χ1) is 13.0. The second-order valence-electron chi connectivity index (χ2n) is 5.89. The third kappa shape index (κ3) is 4.61. The molecule has 0 bridgehead atoms. The summed E-state index contributed by atoms with van der Waals surface area (Å²) >= 11 is 2.87. The minimum atomic E-state index is -0.452. The molecule has 7 nitrogen and oxygen atoms in total. The molecule has 0 aliphatic rings. The van der Waals surface area contributed by atoms with E-state index in [0.29, 0.717) is 22.7 Å². The number of hydrogen-bond donors (Lipinski definition) is 2. The van der Waals surface area contributed by atoms with Gasteiger partial charge in [-0.05, 0) is 12.1 Å². The van der Waals surface area contributed by atoms with Crippen LogP contribution in [0.2, 0.25) is 0 Å². The molecule has 2 heterocycles. The van der Waals surface area contributed by atoms with Gasteiger partial charge in [0.25, 0.3) is 5.91 Å². The number of carbonyl (C=O) groups excluding carboxylic acids is 1. The van der Waals surface area contributed by atoms with E-state index in [4.69, 9.17) is 9.15 Å². The monoisotopic (exact) mass is 405 g/mol. The van der Waals surface area contributed by atoms with Crippen molar-refractivity contribution in [3.8, 4) is 11.5 Å². The second-order valence-corrected chi connectivity index (χ2v) is 8.20. The lowest BCUT2D eigenvalue weighted by atomic mass is 10.2. The van der Waals surface area contributed by atoms with Gasteiger partial charge in [0.05, 0.1) is 35.0 Å². The van der Waals surface area contributed by atoms with Crippen LogP contribution in [0.5, 0.6) is 11.5 Å². The number of carbonyl (C=O) groups is 1. The largest absolute Gasteiger partial charge is 0.504 e. The molecule has 9 heteroatoms. The fourth-order valence-corrected chi connectivity index (χ4v) is 3.93. The van der Waals surface area contributed by atoms with Crippen molar-refractivity contribution in [3.63, 3.8) is 0 Å². The summed E-state index contributed by atoms with van der Waals surface area (Å²) in [5.41, 5.74) is 0.125. The molecule has 0 aliphatic carbocycles. The van der Waals surface area contributed by atoms with Gasteiger partial charge in [0.1, 0.15) is 5.76 Å². The Hall–Kier alpha value is -2.52. The molecule has 0 aliphatic heterocycles. The molecule has 0 unspecified atom stereocenters. The third-order valence-electron chi connectivity index (χ3n) is 3.65. The van der Waals surface area contributed by atoms with Crippen LogP contribution in [0.15, 0.2) is 39.2 Å². The first-order valence-electron chi connectivity index (χ1n) is 8.18. The topological polar surface area (TPSA) is 97.5 Å². The number of thiazole rings is 1. The Bertz CT molecular complexity index is 936. The molecule has 2 N–H and O–H groups in total. The van der Waals surface area contributed by atoms with Crippen LogP contribution in [0, 0.1) is 0 Å². The Morgan fingerprint density at radius 1 is 1.37 bits per heavy atom. The summed E-state index contributed by atoms with van der Waals surface area (Å²) in [6, 6.07) is 4.74. The first kappa shape index (κ1) is 19.2. The molecular weight excluding hydrogens is 386 g/mol. The molecule has 27 heavy (non-hydrogen) atoms. The maximum absolute atomic E-state index is 12.4. The number of aromatic hydroxyl groups is 1. The van der Waals surface area contributed by atoms with Crippen LogP contribution >= 0.6 is 23.1 Å². The number of rotatable bonds is 7. The smallest absolute Gasteiger partial charge is 0.261 e. The standard InChI is InChI=1S/C18H19N3O4S2/c1-10(2)13-7-19-14(25-13)9-26-15-8-20-18(27-15)21-17(23)11-5-4-6-12(24-3)16(11)22/h4-8,10,22H,9H2,1-3H3,(H,20,21,23). The van der Waals surface area contributed by atoms with Crippen LogP contribution in [0.4, 0.5) is 5.13 Å². The van der Waals surface area contributed by atoms with Crippen LogP contribution in [0.3, 0.4) is 0 Å². The minimum absolute atomic E-state index is 0.125. The molecule has 142 valence electrons. The van der Waals surface area contributed by atoms with Crippen molar-refractivity contribution < 1.29 is 19.1 Å². The van der Waals surface area contributed by atoms with E-state index in [1.165, 1.54) is 36.3 Å². The summed E-state index contributed by atoms with van der Waals surface area (Å²) in [6.45, 7) is 4.10. The van der Waals surface area contributed by atoms with Crippen molar-refractivity contribution in [1.29, 1.82) is 0 Å². The van der Waals surface area contributed by atoms with Gasteiger partial charge >= 0.3 is 0 Å². The van der Waals surface area contributed by atoms with E-state index in [2.05, 4.69) is 29.1 Å². The Morgan fingerprint density at radius 3 is 2.89 bits per heavy atom. The van der Waals surface area contributed by atoms with Gasteiger partial charge in [0, 0.05) is 5.92 Å². The van der Waals surface area contributed by atoms with E-state index >= 15 is 0 Å². The molecule has 0 atom stereocenters. The molecule has 0 saturated heterocycles.